The van der Waals surface area contributed by atoms with Crippen LogP contribution < -0.4 is 10.2 Å². The lowest BCUT2D eigenvalue weighted by atomic mass is 9.94. The van der Waals surface area contributed by atoms with E-state index in [4.69, 9.17) is 9.47 Å². The van der Waals surface area contributed by atoms with E-state index >= 15 is 0 Å². The molecule has 3 heterocycles. The Morgan fingerprint density at radius 1 is 0.951 bits per heavy atom. The van der Waals surface area contributed by atoms with Crippen molar-refractivity contribution in [2.75, 3.05) is 44.4 Å². The highest BCUT2D eigenvalue weighted by atomic mass is 16.5. The van der Waals surface area contributed by atoms with Crippen LogP contribution in [0.4, 0.5) is 5.69 Å². The molecule has 1 aromatic heterocycles. The van der Waals surface area contributed by atoms with Crippen molar-refractivity contribution >= 4 is 28.5 Å². The topological polar surface area (TPSA) is 102 Å². The first-order valence-corrected chi connectivity index (χ1v) is 15.1. The molecule has 2 aromatic carbocycles. The Hall–Kier alpha value is -3.50. The van der Waals surface area contributed by atoms with E-state index < -0.39 is 6.04 Å². The molecule has 3 aromatic rings. The molecule has 3 aliphatic rings. The molecule has 3 fully saturated rings. The standard InChI is InChI=1S/C31H40N6O4/c38-29(22-37-28-11-5-4-10-27(28)33-34-37)36(21-26-9-6-18-41-26)30(31(39)32-24-7-2-1-3-8-24)23-12-14-25(15-13-23)35-16-19-40-20-17-35/h4-5,10-15,24,26,30H,1-3,6-9,16-22H2,(H,32,39)/t26-,30-/m1/s1. The lowest BCUT2D eigenvalue weighted by Crippen LogP contribution is -2.50. The molecule has 1 N–H and O–H groups in total. The minimum Gasteiger partial charge on any atom is -0.378 e. The monoisotopic (exact) mass is 560 g/mol. The first kappa shape index (κ1) is 27.7. The summed E-state index contributed by atoms with van der Waals surface area (Å²) in [6.45, 7) is 4.09. The summed E-state index contributed by atoms with van der Waals surface area (Å²) < 4.78 is 13.1. The van der Waals surface area contributed by atoms with Crippen molar-refractivity contribution in [2.45, 2.75) is 69.7 Å². The van der Waals surface area contributed by atoms with Gasteiger partial charge in [0.05, 0.1) is 24.8 Å². The third-order valence-corrected chi connectivity index (χ3v) is 8.55. The van der Waals surface area contributed by atoms with E-state index in [1.807, 2.05) is 36.4 Å². The zero-order chi connectivity index (χ0) is 28.0. The molecule has 2 atom stereocenters. The van der Waals surface area contributed by atoms with Crippen LogP contribution in [-0.4, -0.2) is 83.3 Å². The Balaban J connectivity index is 1.31. The highest BCUT2D eigenvalue weighted by Gasteiger charge is 2.35. The first-order chi connectivity index (χ1) is 20.2. The summed E-state index contributed by atoms with van der Waals surface area (Å²) in [5.41, 5.74) is 3.41. The van der Waals surface area contributed by atoms with Gasteiger partial charge in [-0.05, 0) is 55.5 Å². The van der Waals surface area contributed by atoms with Crippen LogP contribution in [0.3, 0.4) is 0 Å². The van der Waals surface area contributed by atoms with Gasteiger partial charge in [-0.1, -0.05) is 48.7 Å². The van der Waals surface area contributed by atoms with Crippen LogP contribution in [0.25, 0.3) is 11.0 Å². The summed E-state index contributed by atoms with van der Waals surface area (Å²) in [5, 5.41) is 11.8. The molecular weight excluding hydrogens is 520 g/mol. The maximum Gasteiger partial charge on any atom is 0.247 e. The Labute approximate surface area is 241 Å². The number of nitrogens with one attached hydrogen (secondary N) is 1. The van der Waals surface area contributed by atoms with Gasteiger partial charge in [0.25, 0.3) is 0 Å². The largest absolute Gasteiger partial charge is 0.378 e. The van der Waals surface area contributed by atoms with Crippen molar-refractivity contribution in [1.82, 2.24) is 25.2 Å². The average Bonchev–Trinajstić information content (AvgIpc) is 3.68. The summed E-state index contributed by atoms with van der Waals surface area (Å²) in [5.74, 6) is -0.317. The minimum absolute atomic E-state index is 0.00764. The van der Waals surface area contributed by atoms with Crippen LogP contribution >= 0.6 is 0 Å². The predicted octanol–water partition coefficient (Wildman–Crippen LogP) is 3.47. The molecule has 41 heavy (non-hydrogen) atoms. The SMILES string of the molecule is O=C(NC1CCCCC1)[C@@H](c1ccc(N2CCOCC2)cc1)N(C[C@H]1CCCO1)C(=O)Cn1nnc2ccccc21. The number of ether oxygens (including phenoxy) is 2. The van der Waals surface area contributed by atoms with E-state index in [0.29, 0.717) is 26.4 Å². The van der Waals surface area contributed by atoms with E-state index in [1.165, 1.54) is 6.42 Å². The lowest BCUT2D eigenvalue weighted by Gasteiger charge is -2.35. The number of aromatic nitrogens is 3. The number of hydrogen-bond donors (Lipinski definition) is 1. The number of rotatable bonds is 9. The van der Waals surface area contributed by atoms with Gasteiger partial charge in [-0.3, -0.25) is 9.59 Å². The van der Waals surface area contributed by atoms with Gasteiger partial charge in [0.15, 0.2) is 0 Å². The summed E-state index contributed by atoms with van der Waals surface area (Å²) in [6, 6.07) is 15.1. The zero-order valence-corrected chi connectivity index (χ0v) is 23.6. The van der Waals surface area contributed by atoms with E-state index in [1.54, 1.807) is 9.58 Å². The smallest absolute Gasteiger partial charge is 0.247 e. The molecule has 1 aliphatic carbocycles. The normalized spacial score (nSPS) is 20.7. The van der Waals surface area contributed by atoms with Crippen molar-refractivity contribution < 1.29 is 19.1 Å². The van der Waals surface area contributed by atoms with Crippen molar-refractivity contribution in [3.8, 4) is 0 Å². The molecule has 6 rings (SSSR count). The summed E-state index contributed by atoms with van der Waals surface area (Å²) in [7, 11) is 0. The van der Waals surface area contributed by atoms with Crippen LogP contribution in [-0.2, 0) is 25.6 Å². The number of anilines is 1. The summed E-state index contributed by atoms with van der Waals surface area (Å²) >= 11 is 0. The fraction of sp³-hybridized carbons (Fsp3) is 0.548. The van der Waals surface area contributed by atoms with Crippen LogP contribution in [0, 0.1) is 0 Å². The van der Waals surface area contributed by atoms with E-state index in [0.717, 1.165) is 73.9 Å². The second-order valence-corrected chi connectivity index (χ2v) is 11.4. The van der Waals surface area contributed by atoms with E-state index in [-0.39, 0.29) is 30.5 Å². The highest BCUT2D eigenvalue weighted by Crippen LogP contribution is 2.29. The predicted molar refractivity (Wildman–Crippen MR) is 155 cm³/mol. The number of para-hydroxylation sites is 1. The maximum absolute atomic E-state index is 14.1. The van der Waals surface area contributed by atoms with Gasteiger partial charge in [-0.25, -0.2) is 4.68 Å². The van der Waals surface area contributed by atoms with Crippen molar-refractivity contribution in [2.24, 2.45) is 0 Å². The molecule has 10 nitrogen and oxygen atoms in total. The Morgan fingerprint density at radius 2 is 1.73 bits per heavy atom. The van der Waals surface area contributed by atoms with Crippen LogP contribution in [0.1, 0.15) is 56.6 Å². The van der Waals surface area contributed by atoms with Gasteiger partial charge in [0.2, 0.25) is 11.8 Å². The number of amides is 2. The quantitative estimate of drug-likeness (QED) is 0.428. The molecule has 1 saturated carbocycles. The molecule has 2 aliphatic heterocycles. The Morgan fingerprint density at radius 3 is 2.49 bits per heavy atom. The number of hydrogen-bond acceptors (Lipinski definition) is 7. The number of fused-ring (bicyclic) bond motifs is 1. The maximum atomic E-state index is 14.1. The number of nitrogens with zero attached hydrogens (tertiary/aromatic N) is 5. The molecule has 0 spiro atoms. The Kier molecular flexibility index (Phi) is 8.77. The summed E-state index contributed by atoms with van der Waals surface area (Å²) in [4.78, 5) is 32.3. The fourth-order valence-corrected chi connectivity index (χ4v) is 6.30. The van der Waals surface area contributed by atoms with Gasteiger partial charge in [0.1, 0.15) is 18.1 Å². The number of carbonyl (C=O) groups excluding carboxylic acids is 2. The van der Waals surface area contributed by atoms with E-state index in [2.05, 4.69) is 32.7 Å². The summed E-state index contributed by atoms with van der Waals surface area (Å²) in [6.07, 6.45) is 7.08. The third kappa shape index (κ3) is 6.54. The molecular formula is C31H40N6O4. The zero-order valence-electron chi connectivity index (χ0n) is 23.6. The second-order valence-electron chi connectivity index (χ2n) is 11.4. The molecule has 0 radical (unpaired) electrons. The van der Waals surface area contributed by atoms with Gasteiger partial charge in [-0.2, -0.15) is 0 Å². The highest BCUT2D eigenvalue weighted by molar-refractivity contribution is 5.89. The molecule has 0 bridgehead atoms. The van der Waals surface area contributed by atoms with Crippen LogP contribution in [0.5, 0.6) is 0 Å². The number of carbonyl (C=O) groups is 2. The fourth-order valence-electron chi connectivity index (χ4n) is 6.30. The minimum atomic E-state index is -0.776. The number of morpholine rings is 1. The molecule has 218 valence electrons. The molecule has 2 saturated heterocycles. The second kappa shape index (κ2) is 13.0. The molecule has 10 heteroatoms. The van der Waals surface area contributed by atoms with Crippen LogP contribution in [0.2, 0.25) is 0 Å². The van der Waals surface area contributed by atoms with Gasteiger partial charge < -0.3 is 24.6 Å². The van der Waals surface area contributed by atoms with Crippen molar-refractivity contribution in [3.63, 3.8) is 0 Å². The third-order valence-electron chi connectivity index (χ3n) is 8.55. The molecule has 2 amide bonds. The van der Waals surface area contributed by atoms with Gasteiger partial charge >= 0.3 is 0 Å². The average molecular weight is 561 g/mol. The molecule has 0 unspecified atom stereocenters. The van der Waals surface area contributed by atoms with Crippen LogP contribution in [0.15, 0.2) is 48.5 Å². The van der Waals surface area contributed by atoms with Crippen molar-refractivity contribution in [1.29, 1.82) is 0 Å². The Bertz CT molecular complexity index is 1310. The lowest BCUT2D eigenvalue weighted by molar-refractivity contribution is -0.143. The van der Waals surface area contributed by atoms with E-state index in [9.17, 15) is 9.59 Å². The van der Waals surface area contributed by atoms with Crippen molar-refractivity contribution in [3.05, 3.63) is 54.1 Å². The van der Waals surface area contributed by atoms with Gasteiger partial charge in [0, 0.05) is 38.0 Å². The number of benzene rings is 2. The van der Waals surface area contributed by atoms with Gasteiger partial charge in [-0.15, -0.1) is 5.10 Å². The first-order valence-electron chi connectivity index (χ1n) is 15.1.